The predicted octanol–water partition coefficient (Wildman–Crippen LogP) is 3.91. The molecule has 1 aliphatic heterocycles. The zero-order valence-corrected chi connectivity index (χ0v) is 13.0. The minimum Gasteiger partial charge on any atom is -0.382 e. The second kappa shape index (κ2) is 6.29. The van der Waals surface area contributed by atoms with Gasteiger partial charge in [0.15, 0.2) is 0 Å². The first kappa shape index (κ1) is 14.9. The maximum Gasteiger partial charge on any atom is 0.256 e. The lowest BCUT2D eigenvalue weighted by Crippen LogP contribution is -2.47. The van der Waals surface area contributed by atoms with Crippen LogP contribution in [0.3, 0.4) is 0 Å². The second-order valence-corrected chi connectivity index (χ2v) is 6.19. The molecule has 0 aliphatic carbocycles. The Balaban J connectivity index is 2.28. The SMILES string of the molecule is CC(C)Nc1ccccc1C(=O)N1[C@H](C)CCC[C@@H]1C. The highest BCUT2D eigenvalue weighted by molar-refractivity contribution is 6.00. The van der Waals surface area contributed by atoms with Crippen LogP contribution in [0.5, 0.6) is 0 Å². The quantitative estimate of drug-likeness (QED) is 0.906. The number of para-hydroxylation sites is 1. The van der Waals surface area contributed by atoms with Crippen molar-refractivity contribution >= 4 is 11.6 Å². The molecular formula is C17H26N2O. The zero-order valence-electron chi connectivity index (χ0n) is 13.0. The minimum absolute atomic E-state index is 0.161. The van der Waals surface area contributed by atoms with E-state index in [1.165, 1.54) is 6.42 Å². The van der Waals surface area contributed by atoms with E-state index in [-0.39, 0.29) is 5.91 Å². The van der Waals surface area contributed by atoms with E-state index in [0.29, 0.717) is 18.1 Å². The molecule has 1 N–H and O–H groups in total. The average Bonchev–Trinajstić information content (AvgIpc) is 2.38. The Morgan fingerprint density at radius 1 is 1.20 bits per heavy atom. The highest BCUT2D eigenvalue weighted by atomic mass is 16.2. The highest BCUT2D eigenvalue weighted by Gasteiger charge is 2.30. The normalized spacial score (nSPS) is 22.9. The zero-order chi connectivity index (χ0) is 14.7. The highest BCUT2D eigenvalue weighted by Crippen LogP contribution is 2.27. The number of benzene rings is 1. The summed E-state index contributed by atoms with van der Waals surface area (Å²) in [7, 11) is 0. The van der Waals surface area contributed by atoms with E-state index in [1.54, 1.807) is 0 Å². The number of carbonyl (C=O) groups is 1. The van der Waals surface area contributed by atoms with Gasteiger partial charge in [-0.05, 0) is 59.1 Å². The number of likely N-dealkylation sites (tertiary alicyclic amines) is 1. The Morgan fingerprint density at radius 2 is 1.80 bits per heavy atom. The van der Waals surface area contributed by atoms with Crippen molar-refractivity contribution in [2.24, 2.45) is 0 Å². The van der Waals surface area contributed by atoms with Crippen LogP contribution in [0, 0.1) is 0 Å². The number of hydrogen-bond acceptors (Lipinski definition) is 2. The van der Waals surface area contributed by atoms with Gasteiger partial charge >= 0.3 is 0 Å². The lowest BCUT2D eigenvalue weighted by Gasteiger charge is -2.39. The molecule has 1 aliphatic rings. The predicted molar refractivity (Wildman–Crippen MR) is 84.1 cm³/mol. The van der Waals surface area contributed by atoms with Gasteiger partial charge in [0, 0.05) is 23.8 Å². The van der Waals surface area contributed by atoms with Gasteiger partial charge in [0.1, 0.15) is 0 Å². The summed E-state index contributed by atoms with van der Waals surface area (Å²) in [6.45, 7) is 8.50. The smallest absolute Gasteiger partial charge is 0.256 e. The van der Waals surface area contributed by atoms with E-state index >= 15 is 0 Å². The molecule has 0 aromatic heterocycles. The monoisotopic (exact) mass is 274 g/mol. The lowest BCUT2D eigenvalue weighted by atomic mass is 9.96. The first-order valence-electron chi connectivity index (χ1n) is 7.69. The number of nitrogens with zero attached hydrogens (tertiary/aromatic N) is 1. The molecule has 1 amide bonds. The lowest BCUT2D eigenvalue weighted by molar-refractivity contribution is 0.0512. The van der Waals surface area contributed by atoms with Crippen LogP contribution in [0.15, 0.2) is 24.3 Å². The molecule has 2 rings (SSSR count). The van der Waals surface area contributed by atoms with Gasteiger partial charge in [-0.1, -0.05) is 12.1 Å². The summed E-state index contributed by atoms with van der Waals surface area (Å²) in [6.07, 6.45) is 3.43. The van der Waals surface area contributed by atoms with Crippen molar-refractivity contribution in [3.05, 3.63) is 29.8 Å². The van der Waals surface area contributed by atoms with Crippen molar-refractivity contribution in [3.63, 3.8) is 0 Å². The number of piperidine rings is 1. The fraction of sp³-hybridized carbons (Fsp3) is 0.588. The molecule has 1 aromatic carbocycles. The number of carbonyl (C=O) groups excluding carboxylic acids is 1. The number of hydrogen-bond donors (Lipinski definition) is 1. The largest absolute Gasteiger partial charge is 0.382 e. The van der Waals surface area contributed by atoms with E-state index in [1.807, 2.05) is 24.3 Å². The molecule has 3 heteroatoms. The Labute approximate surface area is 122 Å². The van der Waals surface area contributed by atoms with E-state index in [4.69, 9.17) is 0 Å². The molecular weight excluding hydrogens is 248 g/mol. The molecule has 0 spiro atoms. The summed E-state index contributed by atoms with van der Waals surface area (Å²) in [5, 5.41) is 3.38. The molecule has 1 heterocycles. The molecule has 110 valence electrons. The molecule has 0 unspecified atom stereocenters. The van der Waals surface area contributed by atoms with Gasteiger partial charge in [-0.15, -0.1) is 0 Å². The van der Waals surface area contributed by atoms with Crippen molar-refractivity contribution in [2.45, 2.75) is 65.1 Å². The maximum atomic E-state index is 12.9. The van der Waals surface area contributed by atoms with Crippen LogP contribution in [-0.4, -0.2) is 28.9 Å². The van der Waals surface area contributed by atoms with Gasteiger partial charge in [-0.3, -0.25) is 4.79 Å². The first-order chi connectivity index (χ1) is 9.50. The first-order valence-corrected chi connectivity index (χ1v) is 7.69. The third-order valence-corrected chi connectivity index (χ3v) is 4.03. The molecule has 1 saturated heterocycles. The summed E-state index contributed by atoms with van der Waals surface area (Å²) in [4.78, 5) is 15.0. The third kappa shape index (κ3) is 3.14. The third-order valence-electron chi connectivity index (χ3n) is 4.03. The van der Waals surface area contributed by atoms with E-state index in [0.717, 1.165) is 24.1 Å². The fourth-order valence-electron chi connectivity index (χ4n) is 3.07. The molecule has 1 aromatic rings. The molecule has 0 bridgehead atoms. The summed E-state index contributed by atoms with van der Waals surface area (Å²) in [5.41, 5.74) is 1.74. The Kier molecular flexibility index (Phi) is 4.69. The van der Waals surface area contributed by atoms with Crippen LogP contribution < -0.4 is 5.32 Å². The van der Waals surface area contributed by atoms with E-state index in [2.05, 4.69) is 37.9 Å². The Morgan fingerprint density at radius 3 is 2.40 bits per heavy atom. The van der Waals surface area contributed by atoms with Crippen LogP contribution in [0.25, 0.3) is 0 Å². The number of nitrogens with one attached hydrogen (secondary N) is 1. The van der Waals surface area contributed by atoms with Crippen molar-refractivity contribution in [1.29, 1.82) is 0 Å². The number of rotatable bonds is 3. The Hall–Kier alpha value is -1.51. The average molecular weight is 274 g/mol. The van der Waals surface area contributed by atoms with Crippen LogP contribution in [0.4, 0.5) is 5.69 Å². The van der Waals surface area contributed by atoms with Crippen LogP contribution in [0.1, 0.15) is 57.3 Å². The van der Waals surface area contributed by atoms with Crippen molar-refractivity contribution < 1.29 is 4.79 Å². The Bertz CT molecular complexity index is 460. The van der Waals surface area contributed by atoms with Gasteiger partial charge in [0.05, 0.1) is 5.56 Å². The van der Waals surface area contributed by atoms with Crippen LogP contribution >= 0.6 is 0 Å². The molecule has 2 atom stereocenters. The van der Waals surface area contributed by atoms with E-state index < -0.39 is 0 Å². The van der Waals surface area contributed by atoms with Gasteiger partial charge in [0.25, 0.3) is 5.91 Å². The maximum absolute atomic E-state index is 12.9. The van der Waals surface area contributed by atoms with Crippen molar-refractivity contribution in [3.8, 4) is 0 Å². The second-order valence-electron chi connectivity index (χ2n) is 6.19. The van der Waals surface area contributed by atoms with Crippen molar-refractivity contribution in [1.82, 2.24) is 4.90 Å². The topological polar surface area (TPSA) is 32.3 Å². The minimum atomic E-state index is 0.161. The summed E-state index contributed by atoms with van der Waals surface area (Å²) >= 11 is 0. The van der Waals surface area contributed by atoms with Gasteiger partial charge < -0.3 is 10.2 Å². The molecule has 0 saturated carbocycles. The van der Waals surface area contributed by atoms with Gasteiger partial charge in [-0.2, -0.15) is 0 Å². The molecule has 3 nitrogen and oxygen atoms in total. The van der Waals surface area contributed by atoms with E-state index in [9.17, 15) is 4.79 Å². The number of amides is 1. The summed E-state index contributed by atoms with van der Waals surface area (Å²) in [5.74, 6) is 0.161. The summed E-state index contributed by atoms with van der Waals surface area (Å²) < 4.78 is 0. The fourth-order valence-corrected chi connectivity index (χ4v) is 3.07. The van der Waals surface area contributed by atoms with Crippen molar-refractivity contribution in [2.75, 3.05) is 5.32 Å². The number of anilines is 1. The van der Waals surface area contributed by atoms with Crippen LogP contribution in [-0.2, 0) is 0 Å². The summed E-state index contributed by atoms with van der Waals surface area (Å²) in [6, 6.07) is 8.83. The van der Waals surface area contributed by atoms with Crippen LogP contribution in [0.2, 0.25) is 0 Å². The van der Waals surface area contributed by atoms with Gasteiger partial charge in [-0.25, -0.2) is 0 Å². The molecule has 20 heavy (non-hydrogen) atoms. The molecule has 1 fully saturated rings. The standard InChI is InChI=1S/C17H26N2O/c1-12(2)18-16-11-6-5-10-15(16)17(20)19-13(3)8-7-9-14(19)4/h5-6,10-14,18H,7-9H2,1-4H3/t13-,14+. The van der Waals surface area contributed by atoms with Gasteiger partial charge in [0.2, 0.25) is 0 Å². The molecule has 0 radical (unpaired) electrons.